The molecule has 2 aliphatic heterocycles. The SMILES string of the molecule is O=C1CC(n2cnc3ccccc3c2=O)N2CCC[C@H](O)[C@H]2C1. The molecule has 23 heavy (non-hydrogen) atoms. The Hall–Kier alpha value is -2.05. The van der Waals surface area contributed by atoms with Crippen molar-refractivity contribution in [2.75, 3.05) is 6.54 Å². The van der Waals surface area contributed by atoms with Crippen LogP contribution < -0.4 is 5.56 Å². The topological polar surface area (TPSA) is 75.4 Å². The highest BCUT2D eigenvalue weighted by atomic mass is 16.3. The van der Waals surface area contributed by atoms with Gasteiger partial charge in [-0.1, -0.05) is 12.1 Å². The fraction of sp³-hybridized carbons (Fsp3) is 0.471. The van der Waals surface area contributed by atoms with Gasteiger partial charge in [0.2, 0.25) is 0 Å². The Morgan fingerprint density at radius 2 is 2.00 bits per heavy atom. The molecular formula is C17H19N3O3. The molecule has 0 radical (unpaired) electrons. The van der Waals surface area contributed by atoms with Gasteiger partial charge in [0.1, 0.15) is 5.78 Å². The molecule has 2 fully saturated rings. The van der Waals surface area contributed by atoms with Gasteiger partial charge in [0.15, 0.2) is 0 Å². The van der Waals surface area contributed by atoms with E-state index in [0.29, 0.717) is 30.2 Å². The van der Waals surface area contributed by atoms with Crippen molar-refractivity contribution in [1.82, 2.24) is 14.5 Å². The van der Waals surface area contributed by atoms with E-state index in [2.05, 4.69) is 9.88 Å². The first-order valence-corrected chi connectivity index (χ1v) is 8.06. The first-order chi connectivity index (χ1) is 11.1. The average Bonchev–Trinajstić information content (AvgIpc) is 2.56. The van der Waals surface area contributed by atoms with E-state index in [1.807, 2.05) is 12.1 Å². The van der Waals surface area contributed by atoms with Crippen LogP contribution in [0.5, 0.6) is 0 Å². The molecule has 0 bridgehead atoms. The van der Waals surface area contributed by atoms with Gasteiger partial charge >= 0.3 is 0 Å². The van der Waals surface area contributed by atoms with Crippen LogP contribution in [0.4, 0.5) is 0 Å². The Kier molecular flexibility index (Phi) is 3.50. The Labute approximate surface area is 133 Å². The molecule has 120 valence electrons. The van der Waals surface area contributed by atoms with Crippen LogP contribution in [0.2, 0.25) is 0 Å². The van der Waals surface area contributed by atoms with Crippen LogP contribution in [0.1, 0.15) is 31.8 Å². The predicted octanol–water partition coefficient (Wildman–Crippen LogP) is 1.08. The summed E-state index contributed by atoms with van der Waals surface area (Å²) in [5.74, 6) is 0.0947. The number of aromatic nitrogens is 2. The summed E-state index contributed by atoms with van der Waals surface area (Å²) in [6.45, 7) is 0.791. The molecule has 1 aromatic carbocycles. The maximum Gasteiger partial charge on any atom is 0.262 e. The molecule has 4 rings (SSSR count). The van der Waals surface area contributed by atoms with Crippen molar-refractivity contribution in [3.63, 3.8) is 0 Å². The molecular weight excluding hydrogens is 294 g/mol. The van der Waals surface area contributed by atoms with Gasteiger partial charge in [-0.15, -0.1) is 0 Å². The van der Waals surface area contributed by atoms with Gasteiger partial charge in [-0.3, -0.25) is 19.1 Å². The standard InChI is InChI=1S/C17H19N3O3/c21-11-8-14-15(22)6-3-7-19(14)16(9-11)20-10-18-13-5-2-1-4-12(13)17(20)23/h1-2,4-5,10,14-16,22H,3,6-9H2/t14-,15+,16?/m1/s1. The van der Waals surface area contributed by atoms with Gasteiger partial charge in [-0.2, -0.15) is 0 Å². The molecule has 6 nitrogen and oxygen atoms in total. The lowest BCUT2D eigenvalue weighted by Crippen LogP contribution is -2.56. The number of Topliss-reactive ketones (excluding diaryl/α,β-unsaturated/α-hetero) is 1. The van der Waals surface area contributed by atoms with Crippen LogP contribution in [0.3, 0.4) is 0 Å². The van der Waals surface area contributed by atoms with Gasteiger partial charge in [0, 0.05) is 25.4 Å². The molecule has 1 unspecified atom stereocenters. The number of aliphatic hydroxyl groups excluding tert-OH is 1. The quantitative estimate of drug-likeness (QED) is 0.853. The molecule has 1 aromatic heterocycles. The van der Waals surface area contributed by atoms with Crippen molar-refractivity contribution in [3.8, 4) is 0 Å². The number of carbonyl (C=O) groups is 1. The summed E-state index contributed by atoms with van der Waals surface area (Å²) in [5, 5.41) is 10.8. The van der Waals surface area contributed by atoms with Crippen LogP contribution in [-0.4, -0.2) is 44.0 Å². The second-order valence-electron chi connectivity index (χ2n) is 6.42. The van der Waals surface area contributed by atoms with E-state index in [9.17, 15) is 14.7 Å². The van der Waals surface area contributed by atoms with Crippen LogP contribution in [-0.2, 0) is 4.79 Å². The van der Waals surface area contributed by atoms with Crippen molar-refractivity contribution in [1.29, 1.82) is 0 Å². The summed E-state index contributed by atoms with van der Waals surface area (Å²) < 4.78 is 1.56. The Morgan fingerprint density at radius 3 is 2.87 bits per heavy atom. The molecule has 0 aliphatic carbocycles. The third kappa shape index (κ3) is 2.38. The molecule has 0 amide bonds. The highest BCUT2D eigenvalue weighted by Crippen LogP contribution is 2.33. The lowest BCUT2D eigenvalue weighted by Gasteiger charge is -2.46. The zero-order valence-electron chi connectivity index (χ0n) is 12.8. The number of hydrogen-bond acceptors (Lipinski definition) is 5. The van der Waals surface area contributed by atoms with Gasteiger partial charge < -0.3 is 5.11 Å². The van der Waals surface area contributed by atoms with Crippen molar-refractivity contribution in [3.05, 3.63) is 40.9 Å². The van der Waals surface area contributed by atoms with Crippen LogP contribution in [0, 0.1) is 0 Å². The zero-order chi connectivity index (χ0) is 16.0. The van der Waals surface area contributed by atoms with E-state index < -0.39 is 6.10 Å². The number of nitrogens with zero attached hydrogens (tertiary/aromatic N) is 3. The number of benzene rings is 1. The third-order valence-electron chi connectivity index (χ3n) is 5.03. The van der Waals surface area contributed by atoms with Gasteiger partial charge in [-0.25, -0.2) is 4.98 Å². The second kappa shape index (κ2) is 5.54. The summed E-state index contributed by atoms with van der Waals surface area (Å²) in [6.07, 6.45) is 2.94. The van der Waals surface area contributed by atoms with Crippen LogP contribution >= 0.6 is 0 Å². The summed E-state index contributed by atoms with van der Waals surface area (Å²) in [5.41, 5.74) is 0.528. The third-order valence-corrected chi connectivity index (χ3v) is 5.03. The molecule has 2 aliphatic rings. The van der Waals surface area contributed by atoms with Crippen molar-refractivity contribution in [2.24, 2.45) is 0 Å². The van der Waals surface area contributed by atoms with Crippen LogP contribution in [0.25, 0.3) is 10.9 Å². The molecule has 1 N–H and O–H groups in total. The Morgan fingerprint density at radius 1 is 1.17 bits per heavy atom. The van der Waals surface area contributed by atoms with E-state index >= 15 is 0 Å². The molecule has 0 saturated carbocycles. The highest BCUT2D eigenvalue weighted by Gasteiger charge is 2.41. The van der Waals surface area contributed by atoms with E-state index in [-0.39, 0.29) is 23.6 Å². The maximum absolute atomic E-state index is 12.8. The summed E-state index contributed by atoms with van der Waals surface area (Å²) in [7, 11) is 0. The number of hydrogen-bond donors (Lipinski definition) is 1. The number of rotatable bonds is 1. The summed E-state index contributed by atoms with van der Waals surface area (Å²) >= 11 is 0. The minimum atomic E-state index is -0.500. The lowest BCUT2D eigenvalue weighted by molar-refractivity contribution is -0.134. The van der Waals surface area contributed by atoms with Gasteiger partial charge in [0.05, 0.1) is 29.5 Å². The number of aliphatic hydroxyl groups is 1. The molecule has 3 atom stereocenters. The number of carbonyl (C=O) groups excluding carboxylic acids is 1. The Balaban J connectivity index is 1.80. The van der Waals surface area contributed by atoms with Gasteiger partial charge in [0.25, 0.3) is 5.56 Å². The first-order valence-electron chi connectivity index (χ1n) is 8.06. The molecule has 3 heterocycles. The second-order valence-corrected chi connectivity index (χ2v) is 6.42. The molecule has 2 aromatic rings. The predicted molar refractivity (Wildman–Crippen MR) is 85.0 cm³/mol. The van der Waals surface area contributed by atoms with E-state index in [1.54, 1.807) is 16.7 Å². The number of ketones is 1. The average molecular weight is 313 g/mol. The molecule has 6 heteroatoms. The van der Waals surface area contributed by atoms with Crippen molar-refractivity contribution in [2.45, 2.75) is 44.0 Å². The Bertz CT molecular complexity index is 816. The molecule has 0 spiro atoms. The molecule has 2 saturated heterocycles. The largest absolute Gasteiger partial charge is 0.391 e. The number of piperidine rings is 2. The first kappa shape index (κ1) is 14.5. The zero-order valence-corrected chi connectivity index (χ0v) is 12.8. The van der Waals surface area contributed by atoms with Gasteiger partial charge in [-0.05, 0) is 25.0 Å². The summed E-state index contributed by atoms with van der Waals surface area (Å²) in [4.78, 5) is 31.4. The summed E-state index contributed by atoms with van der Waals surface area (Å²) in [6, 6.07) is 7.04. The smallest absolute Gasteiger partial charge is 0.262 e. The fourth-order valence-electron chi connectivity index (χ4n) is 3.88. The van der Waals surface area contributed by atoms with Crippen molar-refractivity contribution >= 4 is 16.7 Å². The van der Waals surface area contributed by atoms with E-state index in [4.69, 9.17) is 0 Å². The lowest BCUT2D eigenvalue weighted by atomic mass is 9.88. The highest BCUT2D eigenvalue weighted by molar-refractivity contribution is 5.80. The van der Waals surface area contributed by atoms with Crippen LogP contribution in [0.15, 0.2) is 35.4 Å². The van der Waals surface area contributed by atoms with Crippen molar-refractivity contribution < 1.29 is 9.90 Å². The minimum absolute atomic E-state index is 0.0947. The monoisotopic (exact) mass is 313 g/mol. The normalized spacial score (nSPS) is 28.7. The maximum atomic E-state index is 12.8. The number of fused-ring (bicyclic) bond motifs is 2. The van der Waals surface area contributed by atoms with E-state index in [1.165, 1.54) is 6.33 Å². The van der Waals surface area contributed by atoms with E-state index in [0.717, 1.165) is 13.0 Å². The fourth-order valence-corrected chi connectivity index (χ4v) is 3.88. The number of para-hydroxylation sites is 1. The minimum Gasteiger partial charge on any atom is -0.391 e.